The Labute approximate surface area is 118 Å². The minimum absolute atomic E-state index is 0.128. The largest absolute Gasteiger partial charge is 0.373 e. The highest BCUT2D eigenvalue weighted by atomic mass is 16.5. The van der Waals surface area contributed by atoms with E-state index in [-0.39, 0.29) is 6.10 Å². The number of morpholine rings is 1. The number of ether oxygens (including phenoxy) is 1. The number of nitrogens with zero attached hydrogens (tertiary/aromatic N) is 5. The molecule has 3 heterocycles. The second kappa shape index (κ2) is 5.58. The van der Waals surface area contributed by atoms with Crippen LogP contribution in [0.15, 0.2) is 24.7 Å². The molecule has 106 valence electrons. The molecule has 1 unspecified atom stereocenters. The average Bonchev–Trinajstić information content (AvgIpc) is 2.78. The zero-order valence-electron chi connectivity index (χ0n) is 11.9. The van der Waals surface area contributed by atoms with Crippen molar-refractivity contribution < 1.29 is 4.74 Å². The van der Waals surface area contributed by atoms with Gasteiger partial charge in [-0.25, -0.2) is 4.98 Å². The summed E-state index contributed by atoms with van der Waals surface area (Å²) in [7, 11) is 0. The zero-order chi connectivity index (χ0) is 13.9. The van der Waals surface area contributed by atoms with Crippen LogP contribution in [0, 0.1) is 13.8 Å². The first-order valence-electron chi connectivity index (χ1n) is 6.86. The third-order valence-corrected chi connectivity index (χ3v) is 3.49. The van der Waals surface area contributed by atoms with Gasteiger partial charge >= 0.3 is 0 Å². The summed E-state index contributed by atoms with van der Waals surface area (Å²) in [5.74, 6) is 0.911. The predicted molar refractivity (Wildman–Crippen MR) is 75.7 cm³/mol. The number of aromatic nitrogens is 4. The Kier molecular flexibility index (Phi) is 3.64. The van der Waals surface area contributed by atoms with Crippen molar-refractivity contribution in [2.75, 3.05) is 24.6 Å². The molecule has 6 heteroatoms. The van der Waals surface area contributed by atoms with Gasteiger partial charge in [0.25, 0.3) is 0 Å². The van der Waals surface area contributed by atoms with Crippen LogP contribution in [0.25, 0.3) is 0 Å². The van der Waals surface area contributed by atoms with Crippen LogP contribution in [0.5, 0.6) is 0 Å². The minimum Gasteiger partial charge on any atom is -0.373 e. The van der Waals surface area contributed by atoms with Crippen LogP contribution in [-0.2, 0) is 11.3 Å². The van der Waals surface area contributed by atoms with E-state index in [2.05, 4.69) is 33.0 Å². The van der Waals surface area contributed by atoms with Gasteiger partial charge in [-0.15, -0.1) is 0 Å². The van der Waals surface area contributed by atoms with Crippen molar-refractivity contribution in [2.45, 2.75) is 26.5 Å². The molecule has 3 rings (SSSR count). The fourth-order valence-electron chi connectivity index (χ4n) is 2.55. The van der Waals surface area contributed by atoms with Gasteiger partial charge in [-0.3, -0.25) is 9.67 Å². The van der Waals surface area contributed by atoms with Crippen molar-refractivity contribution in [1.82, 2.24) is 19.7 Å². The summed E-state index contributed by atoms with van der Waals surface area (Å²) in [5, 5.41) is 4.49. The van der Waals surface area contributed by atoms with Gasteiger partial charge in [-0.1, -0.05) is 0 Å². The van der Waals surface area contributed by atoms with Crippen LogP contribution in [0.2, 0.25) is 0 Å². The zero-order valence-corrected chi connectivity index (χ0v) is 11.9. The molecule has 1 saturated heterocycles. The van der Waals surface area contributed by atoms with Gasteiger partial charge < -0.3 is 9.64 Å². The minimum atomic E-state index is 0.128. The van der Waals surface area contributed by atoms with Crippen molar-refractivity contribution in [3.05, 3.63) is 36.0 Å². The standard InChI is InChI=1S/C14H19N5O/c1-11-7-12(2)19(17-11)10-13-9-18(5-6-20-13)14-8-15-3-4-16-14/h3-4,7-8,13H,5-6,9-10H2,1-2H3. The maximum absolute atomic E-state index is 5.85. The maximum Gasteiger partial charge on any atom is 0.147 e. The van der Waals surface area contributed by atoms with E-state index in [0.717, 1.165) is 31.1 Å². The molecule has 0 amide bonds. The lowest BCUT2D eigenvalue weighted by molar-refractivity contribution is 0.0267. The molecule has 0 saturated carbocycles. The number of hydrogen-bond acceptors (Lipinski definition) is 5. The van der Waals surface area contributed by atoms with Crippen LogP contribution in [-0.4, -0.2) is 45.5 Å². The van der Waals surface area contributed by atoms with Gasteiger partial charge in [0.2, 0.25) is 0 Å². The Morgan fingerprint density at radius 2 is 2.25 bits per heavy atom. The van der Waals surface area contributed by atoms with E-state index in [1.54, 1.807) is 18.6 Å². The third kappa shape index (κ3) is 2.80. The van der Waals surface area contributed by atoms with Crippen molar-refractivity contribution in [2.24, 2.45) is 0 Å². The second-order valence-corrected chi connectivity index (χ2v) is 5.11. The van der Waals surface area contributed by atoms with E-state index < -0.39 is 0 Å². The first-order chi connectivity index (χ1) is 9.72. The van der Waals surface area contributed by atoms with Crippen LogP contribution in [0.3, 0.4) is 0 Å². The molecule has 0 radical (unpaired) electrons. The van der Waals surface area contributed by atoms with Crippen LogP contribution >= 0.6 is 0 Å². The lowest BCUT2D eigenvalue weighted by atomic mass is 10.2. The summed E-state index contributed by atoms with van der Waals surface area (Å²) in [6, 6.07) is 2.09. The first kappa shape index (κ1) is 13.1. The molecule has 1 aliphatic rings. The predicted octanol–water partition coefficient (Wildman–Crippen LogP) is 1.20. The topological polar surface area (TPSA) is 56.1 Å². The average molecular weight is 273 g/mol. The molecule has 0 bridgehead atoms. The SMILES string of the molecule is Cc1cc(C)n(CC2CN(c3cnccn3)CCO2)n1. The fraction of sp³-hybridized carbons (Fsp3) is 0.500. The second-order valence-electron chi connectivity index (χ2n) is 5.11. The molecular weight excluding hydrogens is 254 g/mol. The Hall–Kier alpha value is -1.95. The van der Waals surface area contributed by atoms with Crippen molar-refractivity contribution in [3.63, 3.8) is 0 Å². The summed E-state index contributed by atoms with van der Waals surface area (Å²) >= 11 is 0. The molecule has 6 nitrogen and oxygen atoms in total. The van der Waals surface area contributed by atoms with Gasteiger partial charge in [0.15, 0.2) is 0 Å². The highest BCUT2D eigenvalue weighted by molar-refractivity contribution is 5.35. The number of rotatable bonds is 3. The van der Waals surface area contributed by atoms with Gasteiger partial charge in [0.05, 0.1) is 31.1 Å². The molecule has 1 aliphatic heterocycles. The molecule has 2 aromatic rings. The molecule has 0 spiro atoms. The summed E-state index contributed by atoms with van der Waals surface area (Å²) in [5.41, 5.74) is 2.21. The Balaban J connectivity index is 1.68. The smallest absolute Gasteiger partial charge is 0.147 e. The number of hydrogen-bond donors (Lipinski definition) is 0. The van der Waals surface area contributed by atoms with Crippen LogP contribution in [0.4, 0.5) is 5.82 Å². The molecular formula is C14H19N5O. The van der Waals surface area contributed by atoms with E-state index in [1.165, 1.54) is 5.69 Å². The van der Waals surface area contributed by atoms with Gasteiger partial charge in [-0.2, -0.15) is 5.10 Å². The Morgan fingerprint density at radius 3 is 2.95 bits per heavy atom. The van der Waals surface area contributed by atoms with Gasteiger partial charge in [0.1, 0.15) is 5.82 Å². The molecule has 0 aliphatic carbocycles. The number of anilines is 1. The molecule has 1 fully saturated rings. The summed E-state index contributed by atoms with van der Waals surface area (Å²) in [4.78, 5) is 10.7. The molecule has 20 heavy (non-hydrogen) atoms. The highest BCUT2D eigenvalue weighted by Crippen LogP contribution is 2.15. The summed E-state index contributed by atoms with van der Waals surface area (Å²) in [6.45, 7) is 7.24. The third-order valence-electron chi connectivity index (χ3n) is 3.49. The lowest BCUT2D eigenvalue weighted by Gasteiger charge is -2.33. The van der Waals surface area contributed by atoms with E-state index in [0.29, 0.717) is 6.61 Å². The van der Waals surface area contributed by atoms with E-state index >= 15 is 0 Å². The highest BCUT2D eigenvalue weighted by Gasteiger charge is 2.22. The van der Waals surface area contributed by atoms with Crippen molar-refractivity contribution >= 4 is 5.82 Å². The van der Waals surface area contributed by atoms with Crippen molar-refractivity contribution in [3.8, 4) is 0 Å². The Bertz CT molecular complexity index is 568. The van der Waals surface area contributed by atoms with E-state index in [9.17, 15) is 0 Å². The molecule has 2 aromatic heterocycles. The van der Waals surface area contributed by atoms with E-state index in [4.69, 9.17) is 4.74 Å². The molecule has 0 N–H and O–H groups in total. The molecule has 1 atom stereocenters. The Morgan fingerprint density at radius 1 is 1.35 bits per heavy atom. The van der Waals surface area contributed by atoms with Crippen LogP contribution in [0.1, 0.15) is 11.4 Å². The first-order valence-corrected chi connectivity index (χ1v) is 6.86. The van der Waals surface area contributed by atoms with E-state index in [1.807, 2.05) is 11.6 Å². The van der Waals surface area contributed by atoms with Crippen molar-refractivity contribution in [1.29, 1.82) is 0 Å². The fourth-order valence-corrected chi connectivity index (χ4v) is 2.55. The lowest BCUT2D eigenvalue weighted by Crippen LogP contribution is -2.44. The summed E-state index contributed by atoms with van der Waals surface area (Å²) in [6.07, 6.45) is 5.34. The normalized spacial score (nSPS) is 19.3. The molecule has 0 aromatic carbocycles. The quantitative estimate of drug-likeness (QED) is 0.841. The van der Waals surface area contributed by atoms with Gasteiger partial charge in [0, 0.05) is 31.2 Å². The summed E-state index contributed by atoms with van der Waals surface area (Å²) < 4.78 is 7.86. The number of aryl methyl sites for hydroxylation is 2. The monoisotopic (exact) mass is 273 g/mol. The maximum atomic E-state index is 5.85. The van der Waals surface area contributed by atoms with Gasteiger partial charge in [-0.05, 0) is 19.9 Å². The van der Waals surface area contributed by atoms with Crippen LogP contribution < -0.4 is 4.90 Å².